The molecule has 0 saturated carbocycles. The minimum atomic E-state index is 0.140. The maximum Gasteiger partial charge on any atom is 0.107 e. The van der Waals surface area contributed by atoms with E-state index in [9.17, 15) is 0 Å². The van der Waals surface area contributed by atoms with E-state index < -0.39 is 0 Å². The van der Waals surface area contributed by atoms with Crippen LogP contribution in [0, 0.1) is 0 Å². The highest BCUT2D eigenvalue weighted by molar-refractivity contribution is 6.21. The summed E-state index contributed by atoms with van der Waals surface area (Å²) < 4.78 is 0. The quantitative estimate of drug-likeness (QED) is 0.810. The fourth-order valence-corrected chi connectivity index (χ4v) is 2.73. The van der Waals surface area contributed by atoms with Gasteiger partial charge in [-0.25, -0.2) is 4.98 Å². The van der Waals surface area contributed by atoms with E-state index >= 15 is 0 Å². The van der Waals surface area contributed by atoms with Crippen LogP contribution in [0.1, 0.15) is 22.9 Å². The van der Waals surface area contributed by atoms with Gasteiger partial charge in [0.2, 0.25) is 0 Å². The van der Waals surface area contributed by atoms with E-state index in [0.717, 1.165) is 18.7 Å². The molecule has 0 spiro atoms. The van der Waals surface area contributed by atoms with Crippen molar-refractivity contribution in [3.8, 4) is 0 Å². The second kappa shape index (κ2) is 3.95. The lowest BCUT2D eigenvalue weighted by Gasteiger charge is -2.33. The third-order valence-corrected chi connectivity index (χ3v) is 3.73. The first-order valence-electron chi connectivity index (χ1n) is 5.54. The summed E-state index contributed by atoms with van der Waals surface area (Å²) in [5.41, 5.74) is 2.85. The maximum atomic E-state index is 6.44. The Morgan fingerprint density at radius 2 is 2.31 bits per heavy atom. The smallest absolute Gasteiger partial charge is 0.107 e. The summed E-state index contributed by atoms with van der Waals surface area (Å²) in [6.45, 7) is 0. The number of H-pyrrole nitrogens is 1. The van der Waals surface area contributed by atoms with Crippen LogP contribution in [-0.4, -0.2) is 15.3 Å². The van der Waals surface area contributed by atoms with Crippen LogP contribution in [-0.2, 0) is 12.8 Å². The van der Waals surface area contributed by atoms with Crippen molar-refractivity contribution in [2.24, 2.45) is 0 Å². The molecule has 2 unspecified atom stereocenters. The van der Waals surface area contributed by atoms with Crippen molar-refractivity contribution in [3.05, 3.63) is 53.6 Å². The molecule has 3 rings (SSSR count). The summed E-state index contributed by atoms with van der Waals surface area (Å²) in [7, 11) is 0. The molecule has 0 fully saturated rings. The highest BCUT2D eigenvalue weighted by Gasteiger charge is 2.31. The number of nitrogens with one attached hydrogen (secondary N) is 1. The zero-order valence-corrected chi connectivity index (χ0v) is 9.61. The van der Waals surface area contributed by atoms with Crippen molar-refractivity contribution in [2.45, 2.75) is 24.1 Å². The number of halogens is 1. The van der Waals surface area contributed by atoms with E-state index in [-0.39, 0.29) is 5.38 Å². The van der Waals surface area contributed by atoms with Gasteiger partial charge in [-0.15, -0.1) is 11.6 Å². The van der Waals surface area contributed by atoms with E-state index in [1.165, 1.54) is 11.1 Å². The number of nitrogens with zero attached hydrogens (tertiary/aromatic N) is 1. The molecule has 1 aliphatic carbocycles. The van der Waals surface area contributed by atoms with Gasteiger partial charge in [-0.05, 0) is 17.5 Å². The van der Waals surface area contributed by atoms with Crippen LogP contribution in [0.4, 0.5) is 0 Å². The molecule has 1 aromatic heterocycles. The molecule has 1 aliphatic rings. The van der Waals surface area contributed by atoms with Gasteiger partial charge in [-0.3, -0.25) is 0 Å². The molecule has 1 N–H and O–H groups in total. The van der Waals surface area contributed by atoms with Crippen molar-refractivity contribution in [1.29, 1.82) is 0 Å². The van der Waals surface area contributed by atoms with Crippen LogP contribution in [0.3, 0.4) is 0 Å². The molecule has 2 atom stereocenters. The van der Waals surface area contributed by atoms with Crippen molar-refractivity contribution in [2.75, 3.05) is 0 Å². The van der Waals surface area contributed by atoms with Gasteiger partial charge in [0.15, 0.2) is 0 Å². The van der Waals surface area contributed by atoms with E-state index in [1.807, 2.05) is 6.20 Å². The predicted octanol–water partition coefficient (Wildman–Crippen LogP) is 2.90. The Morgan fingerprint density at radius 3 is 3.06 bits per heavy atom. The molecule has 1 aromatic carbocycles. The molecule has 3 heteroatoms. The van der Waals surface area contributed by atoms with Crippen LogP contribution in [0.2, 0.25) is 0 Å². The third kappa shape index (κ3) is 1.63. The molecule has 0 bridgehead atoms. The summed E-state index contributed by atoms with van der Waals surface area (Å²) in [5.74, 6) is 1.47. The number of hydrogen-bond acceptors (Lipinski definition) is 1. The summed E-state index contributed by atoms with van der Waals surface area (Å²) in [5, 5.41) is 0.140. The Balaban J connectivity index is 1.72. The van der Waals surface area contributed by atoms with Crippen molar-refractivity contribution >= 4 is 11.6 Å². The molecule has 16 heavy (non-hydrogen) atoms. The number of aromatic amines is 1. The van der Waals surface area contributed by atoms with Gasteiger partial charge in [0.25, 0.3) is 0 Å². The minimum Gasteiger partial charge on any atom is -0.349 e. The van der Waals surface area contributed by atoms with Gasteiger partial charge in [0.05, 0.1) is 0 Å². The van der Waals surface area contributed by atoms with Crippen LogP contribution < -0.4 is 0 Å². The Kier molecular flexibility index (Phi) is 2.44. The fourth-order valence-electron chi connectivity index (χ4n) is 2.36. The van der Waals surface area contributed by atoms with E-state index in [1.54, 1.807) is 6.20 Å². The molecule has 0 amide bonds. The lowest BCUT2D eigenvalue weighted by Crippen LogP contribution is -2.27. The summed E-state index contributed by atoms with van der Waals surface area (Å²) in [6, 6.07) is 8.54. The standard InChI is InChI=1S/C13H13ClN2/c14-12(8-13-15-5-6-16-13)11-7-9-3-1-2-4-10(9)11/h1-6,11-12H,7-8H2,(H,15,16). The van der Waals surface area contributed by atoms with E-state index in [0.29, 0.717) is 5.92 Å². The molecule has 0 radical (unpaired) electrons. The highest BCUT2D eigenvalue weighted by atomic mass is 35.5. The lowest BCUT2D eigenvalue weighted by molar-refractivity contribution is 0.560. The highest BCUT2D eigenvalue weighted by Crippen LogP contribution is 2.40. The Morgan fingerprint density at radius 1 is 1.44 bits per heavy atom. The predicted molar refractivity (Wildman–Crippen MR) is 64.8 cm³/mol. The first kappa shape index (κ1) is 9.91. The average Bonchev–Trinajstić information content (AvgIpc) is 2.72. The number of hydrogen-bond donors (Lipinski definition) is 1. The van der Waals surface area contributed by atoms with Crippen molar-refractivity contribution in [3.63, 3.8) is 0 Å². The second-order valence-electron chi connectivity index (χ2n) is 4.27. The topological polar surface area (TPSA) is 28.7 Å². The van der Waals surface area contributed by atoms with Crippen LogP contribution in [0.5, 0.6) is 0 Å². The van der Waals surface area contributed by atoms with Crippen molar-refractivity contribution < 1.29 is 0 Å². The Hall–Kier alpha value is -1.28. The molecule has 0 saturated heterocycles. The number of aromatic nitrogens is 2. The zero-order chi connectivity index (χ0) is 11.0. The largest absolute Gasteiger partial charge is 0.349 e. The monoisotopic (exact) mass is 232 g/mol. The van der Waals surface area contributed by atoms with E-state index in [4.69, 9.17) is 11.6 Å². The average molecular weight is 233 g/mol. The number of fused-ring (bicyclic) bond motifs is 1. The number of rotatable bonds is 3. The first-order chi connectivity index (χ1) is 7.84. The second-order valence-corrected chi connectivity index (χ2v) is 4.83. The van der Waals surface area contributed by atoms with Crippen LogP contribution in [0.15, 0.2) is 36.7 Å². The Labute approximate surface area is 99.7 Å². The molecule has 0 aliphatic heterocycles. The van der Waals surface area contributed by atoms with Gasteiger partial charge in [-0.1, -0.05) is 24.3 Å². The molecule has 82 valence electrons. The SMILES string of the molecule is ClC(Cc1ncc[nH]1)C1Cc2ccccc21. The molecular formula is C13H13ClN2. The Bertz CT molecular complexity index is 478. The third-order valence-electron chi connectivity index (χ3n) is 3.27. The van der Waals surface area contributed by atoms with E-state index in [2.05, 4.69) is 34.2 Å². The molecule has 2 aromatic rings. The van der Waals surface area contributed by atoms with Gasteiger partial charge in [0.1, 0.15) is 5.82 Å². The summed E-state index contributed by atoms with van der Waals surface area (Å²) >= 11 is 6.44. The minimum absolute atomic E-state index is 0.140. The molecule has 1 heterocycles. The summed E-state index contributed by atoms with van der Waals surface area (Å²) in [4.78, 5) is 7.31. The maximum absolute atomic E-state index is 6.44. The normalized spacial score (nSPS) is 19.9. The first-order valence-corrected chi connectivity index (χ1v) is 5.98. The number of benzene rings is 1. The van der Waals surface area contributed by atoms with Gasteiger partial charge < -0.3 is 4.98 Å². The summed E-state index contributed by atoms with van der Waals surface area (Å²) in [6.07, 6.45) is 5.53. The van der Waals surface area contributed by atoms with Crippen molar-refractivity contribution in [1.82, 2.24) is 9.97 Å². The molecule has 2 nitrogen and oxygen atoms in total. The van der Waals surface area contributed by atoms with Gasteiger partial charge in [0, 0.05) is 30.1 Å². The lowest BCUT2D eigenvalue weighted by atomic mass is 9.75. The van der Waals surface area contributed by atoms with Gasteiger partial charge >= 0.3 is 0 Å². The number of imidazole rings is 1. The van der Waals surface area contributed by atoms with Gasteiger partial charge in [-0.2, -0.15) is 0 Å². The van der Waals surface area contributed by atoms with Crippen LogP contribution in [0.25, 0.3) is 0 Å². The zero-order valence-electron chi connectivity index (χ0n) is 8.86. The van der Waals surface area contributed by atoms with Crippen LogP contribution >= 0.6 is 11.6 Å². The molecular weight excluding hydrogens is 220 g/mol. The fraction of sp³-hybridized carbons (Fsp3) is 0.308. The number of alkyl halides is 1.